The number of ether oxygens (including phenoxy) is 1. The van der Waals surface area contributed by atoms with Gasteiger partial charge in [0.25, 0.3) is 0 Å². The molecular weight excluding hydrogens is 180 g/mol. The molecule has 5 N–H and O–H groups in total. The van der Waals surface area contributed by atoms with Crippen LogP contribution < -0.4 is 0 Å². The Morgan fingerprint density at radius 3 is 2.15 bits per heavy atom. The van der Waals surface area contributed by atoms with Crippen molar-refractivity contribution in [2.45, 2.75) is 24.7 Å². The maximum absolute atomic E-state index is 9.36. The zero-order chi connectivity index (χ0) is 10.5. The fourth-order valence-electron chi connectivity index (χ4n) is 0.833. The Kier molecular flexibility index (Phi) is 5.38. The van der Waals surface area contributed by atoms with E-state index in [1.165, 1.54) is 6.92 Å². The third-order valence-electron chi connectivity index (χ3n) is 1.78. The van der Waals surface area contributed by atoms with E-state index < -0.39 is 37.8 Å². The Morgan fingerprint density at radius 1 is 1.31 bits per heavy atom. The lowest BCUT2D eigenvalue weighted by Gasteiger charge is -2.31. The van der Waals surface area contributed by atoms with Gasteiger partial charge in [0.2, 0.25) is 0 Å². The van der Waals surface area contributed by atoms with E-state index >= 15 is 0 Å². The van der Waals surface area contributed by atoms with Crippen molar-refractivity contribution in [3.63, 3.8) is 0 Å². The molecule has 0 fully saturated rings. The zero-order valence-corrected chi connectivity index (χ0v) is 7.42. The number of rotatable bonds is 6. The zero-order valence-electron chi connectivity index (χ0n) is 7.42. The quantitative estimate of drug-likeness (QED) is 0.298. The standard InChI is InChI=1S/C7H16O6/c1-7(12,3-9)6(11)5(2-8)13-4-10/h5-6,8-12H,2-4H2,1H3/t5-,6?,7?/m1/s1. The van der Waals surface area contributed by atoms with Crippen LogP contribution >= 0.6 is 0 Å². The molecule has 0 saturated carbocycles. The van der Waals surface area contributed by atoms with Crippen molar-refractivity contribution >= 4 is 0 Å². The molecule has 0 aliphatic heterocycles. The predicted molar refractivity (Wildman–Crippen MR) is 42.8 cm³/mol. The fraction of sp³-hybridized carbons (Fsp3) is 1.00. The number of hydrogen-bond acceptors (Lipinski definition) is 6. The third kappa shape index (κ3) is 3.55. The molecule has 0 bridgehead atoms. The molecule has 0 amide bonds. The average molecular weight is 196 g/mol. The van der Waals surface area contributed by atoms with Crippen LogP contribution in [0.25, 0.3) is 0 Å². The lowest BCUT2D eigenvalue weighted by atomic mass is 9.96. The van der Waals surface area contributed by atoms with Crippen LogP contribution in [0.15, 0.2) is 0 Å². The highest BCUT2D eigenvalue weighted by Gasteiger charge is 2.36. The fourth-order valence-corrected chi connectivity index (χ4v) is 0.833. The second kappa shape index (κ2) is 5.48. The first kappa shape index (κ1) is 12.8. The van der Waals surface area contributed by atoms with Crippen LogP contribution in [0.3, 0.4) is 0 Å². The third-order valence-corrected chi connectivity index (χ3v) is 1.78. The van der Waals surface area contributed by atoms with Crippen LogP contribution in [0.1, 0.15) is 6.92 Å². The smallest absolute Gasteiger partial charge is 0.144 e. The highest BCUT2D eigenvalue weighted by molar-refractivity contribution is 4.86. The summed E-state index contributed by atoms with van der Waals surface area (Å²) in [7, 11) is 0. The minimum absolute atomic E-state index is 0.558. The van der Waals surface area contributed by atoms with Gasteiger partial charge in [-0.1, -0.05) is 0 Å². The molecule has 0 radical (unpaired) electrons. The minimum Gasteiger partial charge on any atom is -0.394 e. The Bertz CT molecular complexity index is 137. The van der Waals surface area contributed by atoms with Crippen molar-refractivity contribution in [1.82, 2.24) is 0 Å². The molecule has 0 aliphatic rings. The molecular formula is C7H16O6. The molecule has 6 heteroatoms. The van der Waals surface area contributed by atoms with Gasteiger partial charge >= 0.3 is 0 Å². The van der Waals surface area contributed by atoms with E-state index in [9.17, 15) is 10.2 Å². The Labute approximate surface area is 76.0 Å². The Hall–Kier alpha value is -0.240. The molecule has 0 aromatic heterocycles. The van der Waals surface area contributed by atoms with Gasteiger partial charge in [-0.25, -0.2) is 0 Å². The SMILES string of the molecule is CC(O)(CO)C(O)[C@@H](CO)OCO. The summed E-state index contributed by atoms with van der Waals surface area (Å²) in [5.41, 5.74) is -1.76. The molecule has 0 aromatic carbocycles. The molecule has 13 heavy (non-hydrogen) atoms. The molecule has 0 saturated heterocycles. The number of hydrogen-bond donors (Lipinski definition) is 5. The molecule has 0 aromatic rings. The summed E-state index contributed by atoms with van der Waals surface area (Å²) >= 11 is 0. The highest BCUT2D eigenvalue weighted by Crippen LogP contribution is 2.14. The van der Waals surface area contributed by atoms with Gasteiger partial charge in [0, 0.05) is 0 Å². The Balaban J connectivity index is 4.26. The molecule has 80 valence electrons. The normalized spacial score (nSPS) is 20.8. The maximum atomic E-state index is 9.36. The van der Waals surface area contributed by atoms with Crippen molar-refractivity contribution in [3.05, 3.63) is 0 Å². The van der Waals surface area contributed by atoms with Gasteiger partial charge in [0.15, 0.2) is 0 Å². The summed E-state index contributed by atoms with van der Waals surface area (Å²) < 4.78 is 4.53. The van der Waals surface area contributed by atoms with Crippen molar-refractivity contribution in [3.8, 4) is 0 Å². The van der Waals surface area contributed by atoms with E-state index in [1.807, 2.05) is 0 Å². The molecule has 2 unspecified atom stereocenters. The second-order valence-electron chi connectivity index (χ2n) is 2.98. The summed E-state index contributed by atoms with van der Waals surface area (Å²) in [5, 5.41) is 44.4. The largest absolute Gasteiger partial charge is 0.394 e. The molecule has 0 heterocycles. The molecule has 0 rings (SSSR count). The average Bonchev–Trinajstić information content (AvgIpc) is 2.13. The van der Waals surface area contributed by atoms with Crippen molar-refractivity contribution in [1.29, 1.82) is 0 Å². The first-order valence-corrected chi connectivity index (χ1v) is 3.84. The van der Waals surface area contributed by atoms with Gasteiger partial charge in [-0.2, -0.15) is 0 Å². The number of aliphatic hydroxyl groups is 5. The van der Waals surface area contributed by atoms with Crippen molar-refractivity contribution in [2.75, 3.05) is 20.0 Å². The van der Waals surface area contributed by atoms with Crippen LogP contribution in [0.2, 0.25) is 0 Å². The summed E-state index contributed by atoms with van der Waals surface area (Å²) in [6.45, 7) is -0.706. The van der Waals surface area contributed by atoms with Crippen LogP contribution in [0.4, 0.5) is 0 Å². The van der Waals surface area contributed by atoms with Gasteiger partial charge in [-0.3, -0.25) is 0 Å². The summed E-state index contributed by atoms with van der Waals surface area (Å²) in [4.78, 5) is 0. The Morgan fingerprint density at radius 2 is 1.85 bits per heavy atom. The van der Waals surface area contributed by atoms with Gasteiger partial charge in [0.05, 0.1) is 13.2 Å². The van der Waals surface area contributed by atoms with Gasteiger partial charge in [-0.05, 0) is 6.92 Å². The lowest BCUT2D eigenvalue weighted by molar-refractivity contribution is -0.180. The molecule has 0 aliphatic carbocycles. The number of aliphatic hydroxyl groups excluding tert-OH is 4. The summed E-state index contributed by atoms with van der Waals surface area (Å²) in [5.74, 6) is 0. The van der Waals surface area contributed by atoms with Crippen LogP contribution in [-0.4, -0.2) is 63.3 Å². The van der Waals surface area contributed by atoms with E-state index in [4.69, 9.17) is 15.3 Å². The molecule has 0 spiro atoms. The van der Waals surface area contributed by atoms with Crippen LogP contribution in [-0.2, 0) is 4.74 Å². The van der Waals surface area contributed by atoms with Crippen LogP contribution in [0, 0.1) is 0 Å². The first-order valence-electron chi connectivity index (χ1n) is 3.84. The van der Waals surface area contributed by atoms with E-state index in [0.29, 0.717) is 0 Å². The predicted octanol–water partition coefficient (Wildman–Crippen LogP) is -2.58. The topological polar surface area (TPSA) is 110 Å². The van der Waals surface area contributed by atoms with Crippen molar-refractivity contribution < 1.29 is 30.3 Å². The van der Waals surface area contributed by atoms with E-state index in [2.05, 4.69) is 4.74 Å². The monoisotopic (exact) mass is 196 g/mol. The van der Waals surface area contributed by atoms with Crippen molar-refractivity contribution in [2.24, 2.45) is 0 Å². The van der Waals surface area contributed by atoms with E-state index in [-0.39, 0.29) is 0 Å². The molecule has 6 nitrogen and oxygen atoms in total. The van der Waals surface area contributed by atoms with Gasteiger partial charge in [0.1, 0.15) is 24.6 Å². The van der Waals surface area contributed by atoms with Crippen LogP contribution in [0.5, 0.6) is 0 Å². The highest BCUT2D eigenvalue weighted by atomic mass is 16.6. The van der Waals surface area contributed by atoms with Gasteiger partial charge in [-0.15, -0.1) is 0 Å². The van der Waals surface area contributed by atoms with Gasteiger partial charge < -0.3 is 30.3 Å². The van der Waals surface area contributed by atoms with E-state index in [1.54, 1.807) is 0 Å². The first-order chi connectivity index (χ1) is 5.99. The minimum atomic E-state index is -1.76. The molecule has 3 atom stereocenters. The second-order valence-corrected chi connectivity index (χ2v) is 2.98. The maximum Gasteiger partial charge on any atom is 0.144 e. The summed E-state index contributed by atoms with van der Waals surface area (Å²) in [6, 6.07) is 0. The summed E-state index contributed by atoms with van der Waals surface area (Å²) in [6.07, 6.45) is -2.58. The lowest BCUT2D eigenvalue weighted by Crippen LogP contribution is -2.51. The van der Waals surface area contributed by atoms with E-state index in [0.717, 1.165) is 0 Å².